The topological polar surface area (TPSA) is 0 Å². The minimum absolute atomic E-state index is 0.851. The molecule has 16 heavy (non-hydrogen) atoms. The molecule has 0 radical (unpaired) electrons. The molecule has 0 aliphatic heterocycles. The van der Waals surface area contributed by atoms with Gasteiger partial charge in [-0.05, 0) is 42.4 Å². The van der Waals surface area contributed by atoms with Gasteiger partial charge in [-0.15, -0.1) is 0 Å². The summed E-state index contributed by atoms with van der Waals surface area (Å²) in [4.78, 5) is 0. The second-order valence-electron chi connectivity index (χ2n) is 6.95. The highest BCUT2D eigenvalue weighted by atomic mass is 14.2. The summed E-state index contributed by atoms with van der Waals surface area (Å²) in [5, 5.41) is 0. The maximum absolute atomic E-state index is 2.44. The van der Waals surface area contributed by atoms with Crippen LogP contribution in [-0.2, 0) is 0 Å². The van der Waals surface area contributed by atoms with E-state index in [1.165, 1.54) is 25.7 Å². The van der Waals surface area contributed by atoms with Gasteiger partial charge in [0.15, 0.2) is 0 Å². The van der Waals surface area contributed by atoms with Crippen molar-refractivity contribution >= 4 is 0 Å². The lowest BCUT2D eigenvalue weighted by Gasteiger charge is -2.26. The summed E-state index contributed by atoms with van der Waals surface area (Å²) in [6.07, 6.45) is 5.65. The minimum Gasteiger partial charge on any atom is -0.0628 e. The summed E-state index contributed by atoms with van der Waals surface area (Å²) >= 11 is 0. The average molecular weight is 226 g/mol. The highest BCUT2D eigenvalue weighted by Crippen LogP contribution is 2.29. The van der Waals surface area contributed by atoms with Gasteiger partial charge < -0.3 is 0 Å². The second-order valence-corrected chi connectivity index (χ2v) is 6.95. The van der Waals surface area contributed by atoms with Crippen LogP contribution in [0.4, 0.5) is 0 Å². The molecule has 0 aliphatic carbocycles. The minimum atomic E-state index is 0.851. The zero-order valence-corrected chi connectivity index (χ0v) is 12.7. The Bertz CT molecular complexity index is 155. The van der Waals surface area contributed by atoms with Crippen molar-refractivity contribution in [2.45, 2.75) is 74.1 Å². The van der Waals surface area contributed by atoms with Crippen LogP contribution in [0.15, 0.2) is 0 Å². The Morgan fingerprint density at radius 2 is 1.19 bits per heavy atom. The van der Waals surface area contributed by atoms with Gasteiger partial charge in [0.2, 0.25) is 0 Å². The van der Waals surface area contributed by atoms with Crippen molar-refractivity contribution in [2.75, 3.05) is 0 Å². The highest BCUT2D eigenvalue weighted by Gasteiger charge is 2.18. The first-order chi connectivity index (χ1) is 7.32. The Morgan fingerprint density at radius 1 is 0.625 bits per heavy atom. The Balaban J connectivity index is 3.98. The van der Waals surface area contributed by atoms with E-state index in [0.717, 1.165) is 29.6 Å². The van der Waals surface area contributed by atoms with Gasteiger partial charge in [-0.25, -0.2) is 0 Å². The Labute approximate surface area is 104 Å². The Morgan fingerprint density at radius 3 is 1.56 bits per heavy atom. The molecule has 0 heteroatoms. The summed E-state index contributed by atoms with van der Waals surface area (Å²) in [5.41, 5.74) is 0. The summed E-state index contributed by atoms with van der Waals surface area (Å²) in [6.45, 7) is 16.6. The van der Waals surface area contributed by atoms with Gasteiger partial charge in [-0.1, -0.05) is 61.3 Å². The van der Waals surface area contributed by atoms with Crippen LogP contribution >= 0.6 is 0 Å². The summed E-state index contributed by atoms with van der Waals surface area (Å²) in [7, 11) is 0. The van der Waals surface area contributed by atoms with Gasteiger partial charge >= 0.3 is 0 Å². The van der Waals surface area contributed by atoms with E-state index < -0.39 is 0 Å². The van der Waals surface area contributed by atoms with Gasteiger partial charge in [0, 0.05) is 0 Å². The van der Waals surface area contributed by atoms with E-state index in [2.05, 4.69) is 48.5 Å². The van der Waals surface area contributed by atoms with Crippen LogP contribution in [-0.4, -0.2) is 0 Å². The van der Waals surface area contributed by atoms with Crippen molar-refractivity contribution in [2.24, 2.45) is 29.6 Å². The monoisotopic (exact) mass is 226 g/mol. The van der Waals surface area contributed by atoms with Crippen molar-refractivity contribution < 1.29 is 0 Å². The van der Waals surface area contributed by atoms with Crippen LogP contribution in [0, 0.1) is 29.6 Å². The predicted octanol–water partition coefficient (Wildman–Crippen LogP) is 5.77. The van der Waals surface area contributed by atoms with Crippen LogP contribution in [0.5, 0.6) is 0 Å². The third-order valence-electron chi connectivity index (χ3n) is 3.66. The molecule has 2 atom stereocenters. The van der Waals surface area contributed by atoms with E-state index in [0.29, 0.717) is 0 Å². The molecule has 0 fully saturated rings. The fraction of sp³-hybridized carbons (Fsp3) is 1.00. The number of rotatable bonds is 8. The molecule has 0 aromatic rings. The predicted molar refractivity (Wildman–Crippen MR) is 75.6 cm³/mol. The maximum atomic E-state index is 2.44. The van der Waals surface area contributed by atoms with Crippen LogP contribution < -0.4 is 0 Å². The molecule has 0 heterocycles. The largest absolute Gasteiger partial charge is 0.0628 e. The van der Waals surface area contributed by atoms with Crippen molar-refractivity contribution in [1.82, 2.24) is 0 Å². The quantitative estimate of drug-likeness (QED) is 0.493. The fourth-order valence-corrected chi connectivity index (χ4v) is 2.50. The molecule has 0 N–H and O–H groups in total. The van der Waals surface area contributed by atoms with E-state index in [1.54, 1.807) is 0 Å². The van der Waals surface area contributed by atoms with Crippen LogP contribution in [0.3, 0.4) is 0 Å². The van der Waals surface area contributed by atoms with Crippen molar-refractivity contribution in [3.8, 4) is 0 Å². The maximum Gasteiger partial charge on any atom is -0.0386 e. The molecule has 0 nitrogen and oxygen atoms in total. The molecule has 0 aromatic heterocycles. The van der Waals surface area contributed by atoms with Crippen molar-refractivity contribution in [3.63, 3.8) is 0 Å². The molecular formula is C16H34. The van der Waals surface area contributed by atoms with E-state index in [4.69, 9.17) is 0 Å². The summed E-state index contributed by atoms with van der Waals surface area (Å²) in [5.74, 6) is 4.41. The molecule has 0 saturated heterocycles. The molecule has 0 aromatic carbocycles. The van der Waals surface area contributed by atoms with Crippen LogP contribution in [0.25, 0.3) is 0 Å². The normalized spacial score (nSPS) is 16.1. The second kappa shape index (κ2) is 8.14. The molecule has 98 valence electrons. The average Bonchev–Trinajstić information content (AvgIpc) is 2.12. The van der Waals surface area contributed by atoms with Gasteiger partial charge in [-0.2, -0.15) is 0 Å². The molecule has 0 spiro atoms. The van der Waals surface area contributed by atoms with Gasteiger partial charge in [-0.3, -0.25) is 0 Å². The lowest BCUT2D eigenvalue weighted by atomic mass is 9.80. The molecule has 0 amide bonds. The molecule has 0 rings (SSSR count). The number of hydrogen-bond donors (Lipinski definition) is 0. The van der Waals surface area contributed by atoms with Gasteiger partial charge in [0.25, 0.3) is 0 Å². The standard InChI is InChI=1S/C16H34/c1-12(2)8-9-15(7)11-16(14(5)6)10-13(3)4/h12-16H,8-11H2,1-7H3. The summed E-state index contributed by atoms with van der Waals surface area (Å²) < 4.78 is 0. The number of hydrogen-bond acceptors (Lipinski definition) is 0. The first-order valence-corrected chi connectivity index (χ1v) is 7.32. The first kappa shape index (κ1) is 16.0. The van der Waals surface area contributed by atoms with Crippen LogP contribution in [0.2, 0.25) is 0 Å². The molecule has 0 aliphatic rings. The Hall–Kier alpha value is 0. The van der Waals surface area contributed by atoms with Crippen LogP contribution in [0.1, 0.15) is 74.1 Å². The zero-order chi connectivity index (χ0) is 12.7. The molecule has 2 unspecified atom stereocenters. The first-order valence-electron chi connectivity index (χ1n) is 7.32. The third kappa shape index (κ3) is 8.19. The van der Waals surface area contributed by atoms with E-state index in [1.807, 2.05) is 0 Å². The zero-order valence-electron chi connectivity index (χ0n) is 12.7. The molecule has 0 bridgehead atoms. The van der Waals surface area contributed by atoms with Gasteiger partial charge in [0.1, 0.15) is 0 Å². The van der Waals surface area contributed by atoms with Crippen molar-refractivity contribution in [1.29, 1.82) is 0 Å². The van der Waals surface area contributed by atoms with E-state index in [9.17, 15) is 0 Å². The lowest BCUT2D eigenvalue weighted by Crippen LogP contribution is -2.15. The highest BCUT2D eigenvalue weighted by molar-refractivity contribution is 4.69. The van der Waals surface area contributed by atoms with E-state index in [-0.39, 0.29) is 0 Å². The molecular weight excluding hydrogens is 192 g/mol. The fourth-order valence-electron chi connectivity index (χ4n) is 2.50. The van der Waals surface area contributed by atoms with Gasteiger partial charge in [0.05, 0.1) is 0 Å². The Kier molecular flexibility index (Phi) is 8.14. The lowest BCUT2D eigenvalue weighted by molar-refractivity contribution is 0.250. The van der Waals surface area contributed by atoms with Crippen molar-refractivity contribution in [3.05, 3.63) is 0 Å². The summed E-state index contributed by atoms with van der Waals surface area (Å²) in [6, 6.07) is 0. The SMILES string of the molecule is CC(C)CCC(C)CC(CC(C)C)C(C)C. The third-order valence-corrected chi connectivity index (χ3v) is 3.66. The smallest absolute Gasteiger partial charge is 0.0386 e. The molecule has 0 saturated carbocycles. The van der Waals surface area contributed by atoms with E-state index >= 15 is 0 Å².